The van der Waals surface area contributed by atoms with Crippen molar-refractivity contribution >= 4 is 0 Å². The zero-order valence-electron chi connectivity index (χ0n) is 7.75. The second kappa shape index (κ2) is 6.47. The van der Waals surface area contributed by atoms with Gasteiger partial charge >= 0.3 is 0 Å². The van der Waals surface area contributed by atoms with Crippen molar-refractivity contribution in [2.75, 3.05) is 0 Å². The molecule has 1 N–H and O–H groups in total. The van der Waals surface area contributed by atoms with Crippen molar-refractivity contribution in [3.63, 3.8) is 0 Å². The van der Waals surface area contributed by atoms with Gasteiger partial charge in [0.25, 0.3) is 0 Å². The Balaban J connectivity index is 4.53. The zero-order chi connectivity index (χ0) is 9.40. The fourth-order valence-electron chi connectivity index (χ4n) is 0.775. The minimum atomic E-state index is 0.390. The van der Waals surface area contributed by atoms with Crippen molar-refractivity contribution in [1.82, 2.24) is 0 Å². The average molecular weight is 164 g/mol. The molecule has 0 radical (unpaired) electrons. The summed E-state index contributed by atoms with van der Waals surface area (Å²) >= 11 is 0. The molecule has 0 rings (SSSR count). The van der Waals surface area contributed by atoms with E-state index >= 15 is 0 Å². The van der Waals surface area contributed by atoms with Gasteiger partial charge in [-0.05, 0) is 18.6 Å². The fourth-order valence-corrected chi connectivity index (χ4v) is 0.775. The van der Waals surface area contributed by atoms with Gasteiger partial charge in [-0.1, -0.05) is 37.8 Å². The smallest absolute Gasteiger partial charge is 0.0925 e. The molecule has 0 aromatic rings. The first-order valence-electron chi connectivity index (χ1n) is 4.09. The molecule has 0 saturated carbocycles. The predicted molar refractivity (Wildman–Crippen MR) is 54.1 cm³/mol. The molecule has 0 aromatic carbocycles. The summed E-state index contributed by atoms with van der Waals surface area (Å²) in [4.78, 5) is 0. The molecule has 0 heterocycles. The molecule has 1 nitrogen and oxygen atoms in total. The Bertz CT molecular complexity index is 219. The Morgan fingerprint density at radius 2 is 2.17 bits per heavy atom. The van der Waals surface area contributed by atoms with Crippen LogP contribution in [0.15, 0.2) is 48.3 Å². The molecule has 0 amide bonds. The maximum absolute atomic E-state index is 9.23. The van der Waals surface area contributed by atoms with Crippen molar-refractivity contribution in [1.29, 1.82) is 0 Å². The van der Waals surface area contributed by atoms with Crippen LogP contribution in [0.3, 0.4) is 0 Å². The largest absolute Gasteiger partial charge is 0.512 e. The van der Waals surface area contributed by atoms with Gasteiger partial charge in [0.2, 0.25) is 0 Å². The minimum absolute atomic E-state index is 0.390. The van der Waals surface area contributed by atoms with E-state index in [0.29, 0.717) is 12.2 Å². The van der Waals surface area contributed by atoms with E-state index < -0.39 is 0 Å². The highest BCUT2D eigenvalue weighted by Gasteiger charge is 1.89. The molecule has 0 aliphatic rings. The lowest BCUT2D eigenvalue weighted by Crippen LogP contribution is -1.79. The molecule has 0 aliphatic carbocycles. The van der Waals surface area contributed by atoms with E-state index in [4.69, 9.17) is 0 Å². The number of hydrogen-bond acceptors (Lipinski definition) is 1. The van der Waals surface area contributed by atoms with Gasteiger partial charge in [-0.15, -0.1) is 0 Å². The number of rotatable bonds is 4. The Kier molecular flexibility index (Phi) is 5.80. The van der Waals surface area contributed by atoms with E-state index in [1.807, 2.05) is 32.1 Å². The zero-order valence-corrected chi connectivity index (χ0v) is 7.75. The molecule has 0 spiro atoms. The fraction of sp³-hybridized carbons (Fsp3) is 0.273. The average Bonchev–Trinajstić information content (AvgIpc) is 2.05. The number of hydrogen-bond donors (Lipinski definition) is 1. The second-order valence-electron chi connectivity index (χ2n) is 2.39. The Morgan fingerprint density at radius 1 is 1.50 bits per heavy atom. The molecule has 0 unspecified atom stereocenters. The topological polar surface area (TPSA) is 20.2 Å². The monoisotopic (exact) mass is 164 g/mol. The Hall–Kier alpha value is -1.24. The van der Waals surface area contributed by atoms with E-state index in [-0.39, 0.29) is 0 Å². The van der Waals surface area contributed by atoms with E-state index in [1.165, 1.54) is 0 Å². The maximum atomic E-state index is 9.23. The Morgan fingerprint density at radius 3 is 2.58 bits per heavy atom. The first kappa shape index (κ1) is 10.8. The van der Waals surface area contributed by atoms with Crippen LogP contribution in [-0.4, -0.2) is 5.11 Å². The first-order chi connectivity index (χ1) is 5.74. The Labute approximate surface area is 74.4 Å². The van der Waals surface area contributed by atoms with E-state index in [1.54, 1.807) is 12.2 Å². The number of aliphatic hydroxyl groups excluding tert-OH is 1. The lowest BCUT2D eigenvalue weighted by Gasteiger charge is -1.95. The molecule has 1 heteroatoms. The number of allylic oxidation sites excluding steroid dienone is 7. The third-order valence-electron chi connectivity index (χ3n) is 1.36. The highest BCUT2D eigenvalue weighted by molar-refractivity contribution is 5.34. The lowest BCUT2D eigenvalue weighted by molar-refractivity contribution is 0.394. The van der Waals surface area contributed by atoms with Crippen LogP contribution in [0, 0.1) is 0 Å². The summed E-state index contributed by atoms with van der Waals surface area (Å²) in [5.74, 6) is 0.390. The van der Waals surface area contributed by atoms with E-state index in [2.05, 4.69) is 6.58 Å². The number of aliphatic hydroxyl groups is 1. The van der Waals surface area contributed by atoms with Crippen LogP contribution >= 0.6 is 0 Å². The molecule has 0 aromatic heterocycles. The van der Waals surface area contributed by atoms with Gasteiger partial charge in [-0.25, -0.2) is 0 Å². The summed E-state index contributed by atoms with van der Waals surface area (Å²) in [6, 6.07) is 0. The summed E-state index contributed by atoms with van der Waals surface area (Å²) in [5, 5.41) is 9.23. The van der Waals surface area contributed by atoms with Crippen molar-refractivity contribution < 1.29 is 5.11 Å². The summed E-state index contributed by atoms with van der Waals surface area (Å²) in [6.45, 7) is 7.44. The van der Waals surface area contributed by atoms with Crippen molar-refractivity contribution in [2.45, 2.75) is 20.3 Å². The predicted octanol–water partition coefficient (Wildman–Crippen LogP) is 3.53. The van der Waals surface area contributed by atoms with E-state index in [0.717, 1.165) is 5.57 Å². The molecule has 0 fully saturated rings. The molecular weight excluding hydrogens is 148 g/mol. The van der Waals surface area contributed by atoms with Crippen LogP contribution < -0.4 is 0 Å². The van der Waals surface area contributed by atoms with Gasteiger partial charge in [-0.3, -0.25) is 0 Å². The van der Waals surface area contributed by atoms with Crippen LogP contribution in [0.25, 0.3) is 0 Å². The summed E-state index contributed by atoms with van der Waals surface area (Å²) in [5.41, 5.74) is 0.965. The molecule has 66 valence electrons. The van der Waals surface area contributed by atoms with Gasteiger partial charge in [0.05, 0.1) is 5.76 Å². The van der Waals surface area contributed by atoms with Gasteiger partial charge in [0.1, 0.15) is 0 Å². The SMILES string of the molecule is C=C/C=C(\C=C/C)/C=C(\O)CC. The summed E-state index contributed by atoms with van der Waals surface area (Å²) < 4.78 is 0. The minimum Gasteiger partial charge on any atom is -0.512 e. The normalized spacial score (nSPS) is 13.8. The van der Waals surface area contributed by atoms with Gasteiger partial charge in [-0.2, -0.15) is 0 Å². The highest BCUT2D eigenvalue weighted by Crippen LogP contribution is 2.05. The van der Waals surface area contributed by atoms with E-state index in [9.17, 15) is 5.11 Å². The van der Waals surface area contributed by atoms with Crippen LogP contribution in [-0.2, 0) is 0 Å². The maximum Gasteiger partial charge on any atom is 0.0925 e. The molecule has 0 aliphatic heterocycles. The molecule has 0 bridgehead atoms. The van der Waals surface area contributed by atoms with Crippen molar-refractivity contribution in [2.24, 2.45) is 0 Å². The third kappa shape index (κ3) is 4.56. The molecule has 0 atom stereocenters. The van der Waals surface area contributed by atoms with Crippen LogP contribution in [0.2, 0.25) is 0 Å². The van der Waals surface area contributed by atoms with Crippen LogP contribution in [0.1, 0.15) is 20.3 Å². The second-order valence-corrected chi connectivity index (χ2v) is 2.39. The van der Waals surface area contributed by atoms with Gasteiger partial charge < -0.3 is 5.11 Å². The summed E-state index contributed by atoms with van der Waals surface area (Å²) in [6.07, 6.45) is 9.80. The third-order valence-corrected chi connectivity index (χ3v) is 1.36. The van der Waals surface area contributed by atoms with Gasteiger partial charge in [0.15, 0.2) is 0 Å². The highest BCUT2D eigenvalue weighted by atomic mass is 16.3. The van der Waals surface area contributed by atoms with Crippen LogP contribution in [0.5, 0.6) is 0 Å². The first-order valence-corrected chi connectivity index (χ1v) is 4.09. The molecule has 0 saturated heterocycles. The molecule has 12 heavy (non-hydrogen) atoms. The lowest BCUT2D eigenvalue weighted by atomic mass is 10.2. The standard InChI is InChI=1S/C11H16O/c1-4-7-10(8-5-2)9-11(12)6-3/h4-5,7-9,12H,1,6H2,2-3H3/b8-5-,10-7+,11-9-. The van der Waals surface area contributed by atoms with Crippen molar-refractivity contribution in [3.8, 4) is 0 Å². The van der Waals surface area contributed by atoms with Crippen molar-refractivity contribution in [3.05, 3.63) is 48.3 Å². The molecular formula is C11H16O. The van der Waals surface area contributed by atoms with Crippen LogP contribution in [0.4, 0.5) is 0 Å². The summed E-state index contributed by atoms with van der Waals surface area (Å²) in [7, 11) is 0. The van der Waals surface area contributed by atoms with Gasteiger partial charge in [0, 0.05) is 6.42 Å². The quantitative estimate of drug-likeness (QED) is 0.498.